The predicted octanol–water partition coefficient (Wildman–Crippen LogP) is 1.68. The third-order valence-corrected chi connectivity index (χ3v) is 3.42. The maximum atomic E-state index is 5.13. The Morgan fingerprint density at radius 2 is 1.73 bits per heavy atom. The van der Waals surface area contributed by atoms with Crippen LogP contribution in [0, 0.1) is 0 Å². The summed E-state index contributed by atoms with van der Waals surface area (Å²) in [7, 11) is 1.68. The summed E-state index contributed by atoms with van der Waals surface area (Å²) in [6.45, 7) is 6.35. The van der Waals surface area contributed by atoms with Gasteiger partial charge in [-0.3, -0.25) is 0 Å². The fourth-order valence-electron chi connectivity index (χ4n) is 1.43. The third kappa shape index (κ3) is 3.08. The van der Waals surface area contributed by atoms with E-state index in [1.165, 1.54) is 10.1 Å². The van der Waals surface area contributed by atoms with Crippen molar-refractivity contribution in [2.24, 2.45) is 0 Å². The summed E-state index contributed by atoms with van der Waals surface area (Å²) < 4.78 is 6.33. The second kappa shape index (κ2) is 5.94. The van der Waals surface area contributed by atoms with Crippen molar-refractivity contribution in [3.63, 3.8) is 0 Å². The van der Waals surface area contributed by atoms with Gasteiger partial charge in [-0.15, -0.1) is 0 Å². The summed E-state index contributed by atoms with van der Waals surface area (Å²) in [5.41, 5.74) is 1.21. The van der Waals surface area contributed by atoms with Crippen LogP contribution in [0.1, 0.15) is 19.4 Å². The topological polar surface area (TPSA) is 12.5 Å². The summed E-state index contributed by atoms with van der Waals surface area (Å²) in [6, 6.07) is 8.11. The number of ether oxygens (including phenoxy) is 1. The first-order chi connectivity index (χ1) is 7.22. The second-order valence-electron chi connectivity index (χ2n) is 3.21. The molecule has 0 aliphatic carbocycles. The Hall–Kier alpha value is -0.791. The van der Waals surface area contributed by atoms with Crippen LogP contribution in [-0.2, 0) is 0 Å². The summed E-state index contributed by atoms with van der Waals surface area (Å²) in [5.74, 6) is 0.895. The van der Waals surface area contributed by atoms with E-state index in [1.54, 1.807) is 7.11 Å². The summed E-state index contributed by atoms with van der Waals surface area (Å²) >= 11 is 3.13. The van der Waals surface area contributed by atoms with Crippen molar-refractivity contribution in [2.75, 3.05) is 20.2 Å². The quantitative estimate of drug-likeness (QED) is 0.755. The van der Waals surface area contributed by atoms with E-state index in [1.807, 2.05) is 12.1 Å². The molecule has 0 amide bonds. The van der Waals surface area contributed by atoms with E-state index in [4.69, 9.17) is 4.74 Å². The third-order valence-electron chi connectivity index (χ3n) is 2.39. The number of methoxy groups -OCH3 is 1. The van der Waals surface area contributed by atoms with Crippen molar-refractivity contribution in [1.29, 1.82) is 0 Å². The monoisotopic (exact) mass is 271 g/mol. The van der Waals surface area contributed by atoms with Gasteiger partial charge in [0.25, 0.3) is 0 Å². The molecular weight excluding hydrogens is 253 g/mol. The van der Waals surface area contributed by atoms with E-state index in [0.717, 1.165) is 18.8 Å². The first-order valence-electron chi connectivity index (χ1n) is 5.16. The predicted molar refractivity (Wildman–Crippen MR) is 65.8 cm³/mol. The molecule has 0 aromatic heterocycles. The number of rotatable bonds is 5. The average Bonchev–Trinajstić information content (AvgIpc) is 2.30. The van der Waals surface area contributed by atoms with E-state index in [0.29, 0.717) is 0 Å². The molecule has 3 heteroatoms. The Balaban J connectivity index is 2.82. The number of hydrogen-bond acceptors (Lipinski definition) is 2. The average molecular weight is 270 g/mol. The zero-order valence-electron chi connectivity index (χ0n) is 9.49. The van der Waals surface area contributed by atoms with Crippen molar-refractivity contribution in [2.45, 2.75) is 13.8 Å². The summed E-state index contributed by atoms with van der Waals surface area (Å²) in [5, 5.41) is 0. The molecule has 0 saturated carbocycles. The number of hydrogen-bond donors (Lipinski definition) is 0. The minimum absolute atomic E-state index is 0.895. The van der Waals surface area contributed by atoms with Crippen molar-refractivity contribution >= 4 is 20.1 Å². The van der Waals surface area contributed by atoms with Gasteiger partial charge < -0.3 is 0 Å². The Morgan fingerprint density at radius 1 is 1.20 bits per heavy atom. The first-order valence-corrected chi connectivity index (χ1v) is 6.01. The minimum atomic E-state index is 0.895. The van der Waals surface area contributed by atoms with E-state index < -0.39 is 0 Å². The van der Waals surface area contributed by atoms with Gasteiger partial charge in [0.1, 0.15) is 0 Å². The van der Waals surface area contributed by atoms with Gasteiger partial charge in [0.15, 0.2) is 0 Å². The van der Waals surface area contributed by atoms with E-state index in [2.05, 4.69) is 46.5 Å². The molecule has 0 aliphatic heterocycles. The molecule has 0 heterocycles. The van der Waals surface area contributed by atoms with Crippen molar-refractivity contribution < 1.29 is 4.74 Å². The van der Waals surface area contributed by atoms with Crippen LogP contribution in [-0.4, -0.2) is 45.2 Å². The molecule has 0 N–H and O–H groups in total. The van der Waals surface area contributed by atoms with Gasteiger partial charge in [-0.05, 0) is 0 Å². The molecule has 0 unspecified atom stereocenters. The molecule has 82 valence electrons. The van der Waals surface area contributed by atoms with Crippen molar-refractivity contribution in [1.82, 2.24) is 4.90 Å². The van der Waals surface area contributed by atoms with Crippen LogP contribution < -0.4 is 4.74 Å². The maximum absolute atomic E-state index is 5.13. The van der Waals surface area contributed by atoms with Gasteiger partial charge in [0.05, 0.1) is 0 Å². The van der Waals surface area contributed by atoms with Gasteiger partial charge in [-0.1, -0.05) is 0 Å². The standard InChI is InChI=1S/C12H17NOSe/c1-4-13(5-2)12(15)10-6-8-11(14-3)9-7-10/h6-9H,4-5H2,1-3H3. The molecule has 0 radical (unpaired) electrons. The Morgan fingerprint density at radius 3 is 2.13 bits per heavy atom. The molecule has 0 bridgehead atoms. The Labute approximate surface area is 99.6 Å². The SMILES string of the molecule is CCN(CC)C(=[Se])c1ccc(OC)cc1. The van der Waals surface area contributed by atoms with Crippen molar-refractivity contribution in [3.8, 4) is 5.75 Å². The zero-order valence-corrected chi connectivity index (χ0v) is 11.2. The van der Waals surface area contributed by atoms with Gasteiger partial charge >= 0.3 is 99.4 Å². The van der Waals surface area contributed by atoms with Crippen molar-refractivity contribution in [3.05, 3.63) is 29.8 Å². The number of benzene rings is 1. The molecule has 2 nitrogen and oxygen atoms in total. The first kappa shape index (κ1) is 12.3. The van der Waals surface area contributed by atoms with E-state index in [-0.39, 0.29) is 0 Å². The van der Waals surface area contributed by atoms with Crippen LogP contribution in [0.4, 0.5) is 0 Å². The van der Waals surface area contributed by atoms with Crippen LogP contribution in [0.2, 0.25) is 0 Å². The molecule has 0 aliphatic rings. The van der Waals surface area contributed by atoms with Crippen LogP contribution in [0.3, 0.4) is 0 Å². The molecule has 1 rings (SSSR count). The Bertz CT molecular complexity index is 317. The molecule has 1 aromatic carbocycles. The Kier molecular flexibility index (Phi) is 4.86. The van der Waals surface area contributed by atoms with Gasteiger partial charge in [0, 0.05) is 0 Å². The van der Waals surface area contributed by atoms with E-state index in [9.17, 15) is 0 Å². The normalized spacial score (nSPS) is 9.80. The van der Waals surface area contributed by atoms with Crippen LogP contribution in [0.5, 0.6) is 5.75 Å². The molecule has 0 fully saturated rings. The molecule has 1 aromatic rings. The van der Waals surface area contributed by atoms with Gasteiger partial charge in [-0.25, -0.2) is 0 Å². The van der Waals surface area contributed by atoms with Crippen LogP contribution in [0.15, 0.2) is 24.3 Å². The molecule has 0 spiro atoms. The van der Waals surface area contributed by atoms with Crippen LogP contribution in [0.25, 0.3) is 0 Å². The molecule has 0 atom stereocenters. The summed E-state index contributed by atoms with van der Waals surface area (Å²) in [6.07, 6.45) is 0. The fraction of sp³-hybridized carbons (Fsp3) is 0.417. The van der Waals surface area contributed by atoms with E-state index >= 15 is 0 Å². The molecule has 0 saturated heterocycles. The van der Waals surface area contributed by atoms with Gasteiger partial charge in [-0.2, -0.15) is 0 Å². The molecule has 15 heavy (non-hydrogen) atoms. The molecular formula is C12H17NOSe. The zero-order chi connectivity index (χ0) is 11.3. The van der Waals surface area contributed by atoms with Crippen LogP contribution >= 0.6 is 0 Å². The number of nitrogens with zero attached hydrogens (tertiary/aromatic N) is 1. The van der Waals surface area contributed by atoms with Gasteiger partial charge in [0.2, 0.25) is 0 Å². The second-order valence-corrected chi connectivity index (χ2v) is 4.02. The fourth-order valence-corrected chi connectivity index (χ4v) is 2.25. The summed E-state index contributed by atoms with van der Waals surface area (Å²) in [4.78, 5) is 2.29.